The van der Waals surface area contributed by atoms with Crippen LogP contribution in [0.5, 0.6) is 0 Å². The summed E-state index contributed by atoms with van der Waals surface area (Å²) in [5, 5.41) is 4.51. The second kappa shape index (κ2) is 5.92. The van der Waals surface area contributed by atoms with Crippen LogP contribution in [0, 0.1) is 0 Å². The average Bonchev–Trinajstić information content (AvgIpc) is 2.94. The molecule has 0 saturated heterocycles. The molecule has 1 atom stereocenters. The molecule has 1 unspecified atom stereocenters. The van der Waals surface area contributed by atoms with Crippen molar-refractivity contribution in [2.45, 2.75) is 31.7 Å². The Morgan fingerprint density at radius 2 is 1.87 bits per heavy atom. The first-order chi connectivity index (χ1) is 11.3. The molecule has 3 aromatic rings. The number of aromatic nitrogens is 1. The van der Waals surface area contributed by atoms with Gasteiger partial charge in [-0.2, -0.15) is 0 Å². The van der Waals surface area contributed by atoms with Crippen molar-refractivity contribution in [2.24, 2.45) is 0 Å². The molecule has 0 radical (unpaired) electrons. The van der Waals surface area contributed by atoms with E-state index in [0.29, 0.717) is 6.42 Å². The summed E-state index contributed by atoms with van der Waals surface area (Å²) < 4.78 is 0. The third-order valence-corrected chi connectivity index (χ3v) is 4.67. The summed E-state index contributed by atoms with van der Waals surface area (Å²) in [6.45, 7) is 0. The molecule has 4 rings (SSSR count). The highest BCUT2D eigenvalue weighted by molar-refractivity contribution is 5.85. The first-order valence-electron chi connectivity index (χ1n) is 8.21. The highest BCUT2D eigenvalue weighted by Crippen LogP contribution is 2.29. The van der Waals surface area contributed by atoms with Gasteiger partial charge in [-0.25, -0.2) is 0 Å². The first kappa shape index (κ1) is 14.1. The van der Waals surface area contributed by atoms with Gasteiger partial charge in [0.25, 0.3) is 0 Å². The number of hydrogen-bond donors (Lipinski definition) is 2. The molecule has 1 aliphatic rings. The van der Waals surface area contributed by atoms with E-state index in [1.807, 2.05) is 30.3 Å². The molecule has 3 heteroatoms. The highest BCUT2D eigenvalue weighted by Gasteiger charge is 2.23. The quantitative estimate of drug-likeness (QED) is 0.765. The van der Waals surface area contributed by atoms with Gasteiger partial charge in [-0.3, -0.25) is 4.79 Å². The number of carbonyl (C=O) groups excluding carboxylic acids is 1. The van der Waals surface area contributed by atoms with Gasteiger partial charge in [0.05, 0.1) is 6.42 Å². The van der Waals surface area contributed by atoms with Crippen molar-refractivity contribution in [3.05, 3.63) is 71.4 Å². The number of benzene rings is 2. The smallest absolute Gasteiger partial charge is 0.224 e. The Hall–Kier alpha value is -2.55. The molecule has 116 valence electrons. The van der Waals surface area contributed by atoms with E-state index in [1.54, 1.807) is 0 Å². The Labute approximate surface area is 135 Å². The fourth-order valence-corrected chi connectivity index (χ4v) is 3.55. The van der Waals surface area contributed by atoms with Crippen LogP contribution >= 0.6 is 0 Å². The van der Waals surface area contributed by atoms with Crippen LogP contribution in [0.2, 0.25) is 0 Å². The Bertz CT molecular complexity index is 835. The van der Waals surface area contributed by atoms with Crippen LogP contribution in [0.3, 0.4) is 0 Å². The van der Waals surface area contributed by atoms with Gasteiger partial charge in [0.1, 0.15) is 0 Å². The normalized spacial score (nSPS) is 17.0. The molecule has 0 bridgehead atoms. The molecule has 2 N–H and O–H groups in total. The standard InChI is InChI=1S/C20H20N2O/c23-20(12-14-6-2-1-3-7-14)21-15-10-11-19-17(13-15)16-8-4-5-9-18(16)22-19/h1-9,15,22H,10-13H2,(H,21,23). The minimum absolute atomic E-state index is 0.115. The summed E-state index contributed by atoms with van der Waals surface area (Å²) in [7, 11) is 0. The third kappa shape index (κ3) is 2.87. The molecule has 1 aliphatic carbocycles. The number of carbonyl (C=O) groups is 1. The predicted octanol–water partition coefficient (Wildman–Crippen LogP) is 3.38. The molecule has 23 heavy (non-hydrogen) atoms. The molecule has 0 saturated carbocycles. The van der Waals surface area contributed by atoms with Crippen LogP contribution in [0.25, 0.3) is 10.9 Å². The molecular formula is C20H20N2O. The number of hydrogen-bond acceptors (Lipinski definition) is 1. The van der Waals surface area contributed by atoms with Crippen LogP contribution in [0.1, 0.15) is 23.2 Å². The summed E-state index contributed by atoms with van der Waals surface area (Å²) in [5.41, 5.74) is 4.97. The minimum Gasteiger partial charge on any atom is -0.358 e. The van der Waals surface area contributed by atoms with E-state index in [-0.39, 0.29) is 11.9 Å². The maximum absolute atomic E-state index is 12.3. The zero-order chi connectivity index (χ0) is 15.6. The zero-order valence-corrected chi connectivity index (χ0v) is 13.0. The van der Waals surface area contributed by atoms with Gasteiger partial charge in [-0.1, -0.05) is 48.5 Å². The second-order valence-corrected chi connectivity index (χ2v) is 6.30. The lowest BCUT2D eigenvalue weighted by atomic mass is 9.91. The lowest BCUT2D eigenvalue weighted by Crippen LogP contribution is -2.39. The molecule has 1 heterocycles. The number of aromatic amines is 1. The van der Waals surface area contributed by atoms with Crippen molar-refractivity contribution in [1.29, 1.82) is 0 Å². The van der Waals surface area contributed by atoms with E-state index < -0.39 is 0 Å². The molecular weight excluding hydrogens is 284 g/mol. The molecule has 1 aromatic heterocycles. The van der Waals surface area contributed by atoms with Gasteiger partial charge < -0.3 is 10.3 Å². The number of fused-ring (bicyclic) bond motifs is 3. The second-order valence-electron chi connectivity index (χ2n) is 6.30. The highest BCUT2D eigenvalue weighted by atomic mass is 16.1. The molecule has 0 spiro atoms. The van der Waals surface area contributed by atoms with Crippen molar-refractivity contribution in [1.82, 2.24) is 10.3 Å². The minimum atomic E-state index is 0.115. The fraction of sp³-hybridized carbons (Fsp3) is 0.250. The number of amides is 1. The lowest BCUT2D eigenvalue weighted by molar-refractivity contribution is -0.121. The summed E-state index contributed by atoms with van der Waals surface area (Å²) in [6.07, 6.45) is 3.37. The van der Waals surface area contributed by atoms with Crippen molar-refractivity contribution < 1.29 is 4.79 Å². The topological polar surface area (TPSA) is 44.9 Å². The van der Waals surface area contributed by atoms with Crippen LogP contribution in [-0.2, 0) is 24.1 Å². The number of para-hydroxylation sites is 1. The summed E-state index contributed by atoms with van der Waals surface area (Å²) >= 11 is 0. The first-order valence-corrected chi connectivity index (χ1v) is 8.21. The number of H-pyrrole nitrogens is 1. The monoisotopic (exact) mass is 304 g/mol. The Balaban J connectivity index is 1.46. The molecule has 0 fully saturated rings. The molecule has 2 aromatic carbocycles. The predicted molar refractivity (Wildman–Crippen MR) is 92.4 cm³/mol. The SMILES string of the molecule is O=C(Cc1ccccc1)NC1CCc2[nH]c3ccccc3c2C1. The molecule has 3 nitrogen and oxygen atoms in total. The van der Waals surface area contributed by atoms with Crippen molar-refractivity contribution >= 4 is 16.8 Å². The van der Waals surface area contributed by atoms with E-state index >= 15 is 0 Å². The summed E-state index contributed by atoms with van der Waals surface area (Å²) in [4.78, 5) is 15.8. The van der Waals surface area contributed by atoms with Crippen molar-refractivity contribution in [2.75, 3.05) is 0 Å². The van der Waals surface area contributed by atoms with Crippen molar-refractivity contribution in [3.63, 3.8) is 0 Å². The van der Waals surface area contributed by atoms with Gasteiger partial charge in [-0.15, -0.1) is 0 Å². The van der Waals surface area contributed by atoms with Gasteiger partial charge >= 0.3 is 0 Å². The van der Waals surface area contributed by atoms with Crippen LogP contribution in [0.4, 0.5) is 0 Å². The van der Waals surface area contributed by atoms with E-state index in [2.05, 4.69) is 34.6 Å². The van der Waals surface area contributed by atoms with E-state index in [4.69, 9.17) is 0 Å². The van der Waals surface area contributed by atoms with Crippen LogP contribution < -0.4 is 5.32 Å². The number of aryl methyl sites for hydroxylation is 1. The fourth-order valence-electron chi connectivity index (χ4n) is 3.55. The largest absolute Gasteiger partial charge is 0.358 e. The lowest BCUT2D eigenvalue weighted by Gasteiger charge is -2.23. The Morgan fingerprint density at radius 1 is 1.09 bits per heavy atom. The summed E-state index contributed by atoms with van der Waals surface area (Å²) in [5.74, 6) is 0.115. The Kier molecular flexibility index (Phi) is 3.62. The van der Waals surface area contributed by atoms with E-state index in [9.17, 15) is 4.79 Å². The van der Waals surface area contributed by atoms with Crippen molar-refractivity contribution in [3.8, 4) is 0 Å². The molecule has 0 aliphatic heterocycles. The van der Waals surface area contributed by atoms with Gasteiger partial charge in [0, 0.05) is 22.6 Å². The average molecular weight is 304 g/mol. The van der Waals surface area contributed by atoms with E-state index in [0.717, 1.165) is 24.8 Å². The number of nitrogens with one attached hydrogen (secondary N) is 2. The number of rotatable bonds is 3. The van der Waals surface area contributed by atoms with Gasteiger partial charge in [-0.05, 0) is 36.5 Å². The maximum Gasteiger partial charge on any atom is 0.224 e. The summed E-state index contributed by atoms with van der Waals surface area (Å²) in [6, 6.07) is 18.6. The van der Waals surface area contributed by atoms with Crippen LogP contribution in [0.15, 0.2) is 54.6 Å². The van der Waals surface area contributed by atoms with Gasteiger partial charge in [0.15, 0.2) is 0 Å². The maximum atomic E-state index is 12.3. The molecule has 1 amide bonds. The van der Waals surface area contributed by atoms with Crippen LogP contribution in [-0.4, -0.2) is 16.9 Å². The third-order valence-electron chi connectivity index (χ3n) is 4.67. The zero-order valence-electron chi connectivity index (χ0n) is 13.0. The van der Waals surface area contributed by atoms with Gasteiger partial charge in [0.2, 0.25) is 5.91 Å². The Morgan fingerprint density at radius 3 is 2.74 bits per heavy atom. The van der Waals surface area contributed by atoms with E-state index in [1.165, 1.54) is 22.2 Å².